The minimum absolute atomic E-state index is 0.123. The molecular formula is C40H57F2N7O4S. The Morgan fingerprint density at radius 1 is 0.926 bits per heavy atom. The molecule has 0 spiro atoms. The van der Waals surface area contributed by atoms with Crippen molar-refractivity contribution in [1.29, 1.82) is 0 Å². The van der Waals surface area contributed by atoms with Gasteiger partial charge in [-0.05, 0) is 74.0 Å². The summed E-state index contributed by atoms with van der Waals surface area (Å²) in [6.07, 6.45) is 4.47. The molecule has 0 radical (unpaired) electrons. The van der Waals surface area contributed by atoms with Gasteiger partial charge in [0.15, 0.2) is 0 Å². The average molecular weight is 770 g/mol. The first-order valence-electron chi connectivity index (χ1n) is 18.5. The quantitative estimate of drug-likeness (QED) is 0.0923. The highest BCUT2D eigenvalue weighted by molar-refractivity contribution is 7.99. The van der Waals surface area contributed by atoms with Gasteiger partial charge in [0.05, 0.1) is 11.8 Å². The third kappa shape index (κ3) is 14.2. The Morgan fingerprint density at radius 3 is 2.30 bits per heavy atom. The Balaban J connectivity index is 1.69. The lowest BCUT2D eigenvalue weighted by Gasteiger charge is -2.41. The van der Waals surface area contributed by atoms with Crippen molar-refractivity contribution in [3.63, 3.8) is 0 Å². The lowest BCUT2D eigenvalue weighted by molar-refractivity contribution is -0.133. The summed E-state index contributed by atoms with van der Waals surface area (Å²) in [5.41, 5.74) is 13.4. The number of nitrogens with two attached hydrogens (primary N) is 2. The van der Waals surface area contributed by atoms with Gasteiger partial charge in [-0.1, -0.05) is 51.1 Å². The zero-order valence-corrected chi connectivity index (χ0v) is 32.8. The minimum Gasteiger partial charge on any atom is -0.354 e. The number of hydrogen-bond acceptors (Lipinski definition) is 7. The van der Waals surface area contributed by atoms with Crippen molar-refractivity contribution in [3.05, 3.63) is 83.7 Å². The van der Waals surface area contributed by atoms with Gasteiger partial charge in [0.2, 0.25) is 23.6 Å². The van der Waals surface area contributed by atoms with E-state index in [4.69, 9.17) is 11.5 Å². The smallest absolute Gasteiger partial charge is 0.242 e. The van der Waals surface area contributed by atoms with E-state index in [1.54, 1.807) is 0 Å². The van der Waals surface area contributed by atoms with Gasteiger partial charge in [0.1, 0.15) is 17.7 Å². The number of unbranched alkanes of at least 4 members (excludes halogenated alkanes) is 1. The predicted molar refractivity (Wildman–Crippen MR) is 211 cm³/mol. The van der Waals surface area contributed by atoms with E-state index in [2.05, 4.69) is 16.0 Å². The number of amides is 4. The van der Waals surface area contributed by atoms with E-state index in [0.29, 0.717) is 56.8 Å². The Bertz CT molecular complexity index is 1670. The van der Waals surface area contributed by atoms with Crippen molar-refractivity contribution in [2.75, 3.05) is 44.2 Å². The van der Waals surface area contributed by atoms with Gasteiger partial charge in [0, 0.05) is 68.3 Å². The maximum atomic E-state index is 15.1. The summed E-state index contributed by atoms with van der Waals surface area (Å²) < 4.78 is 31.4. The maximum Gasteiger partial charge on any atom is 0.242 e. The summed E-state index contributed by atoms with van der Waals surface area (Å²) in [5, 5.41) is 8.19. The molecule has 2 aromatic carbocycles. The molecule has 0 fully saturated rings. The number of rotatable bonds is 22. The van der Waals surface area contributed by atoms with Crippen LogP contribution in [0.3, 0.4) is 0 Å². The Kier molecular flexibility index (Phi) is 18.1. The number of benzene rings is 2. The highest BCUT2D eigenvalue weighted by Gasteiger charge is 2.37. The Morgan fingerprint density at radius 2 is 1.63 bits per heavy atom. The molecule has 0 unspecified atom stereocenters. The lowest BCUT2D eigenvalue weighted by atomic mass is 9.83. The molecule has 0 saturated heterocycles. The first kappa shape index (κ1) is 44.1. The SMILES string of the molecule is CC(=O)N[C@@H](CCCCN)C(=O)NCCNC(=O)CCSCC(=O)N(CCCN)[C@@H](c1cc(-c2cc(F)ccc2F)cn1Cc1ccccc1)C(C)(C)C. The molecule has 7 N–H and O–H groups in total. The van der Waals surface area contributed by atoms with Gasteiger partial charge in [-0.15, -0.1) is 0 Å². The largest absolute Gasteiger partial charge is 0.354 e. The van der Waals surface area contributed by atoms with Crippen LogP contribution in [0.25, 0.3) is 11.1 Å². The summed E-state index contributed by atoms with van der Waals surface area (Å²) in [5.74, 6) is -1.52. The summed E-state index contributed by atoms with van der Waals surface area (Å²) in [4.78, 5) is 52.5. The van der Waals surface area contributed by atoms with Crippen LogP contribution in [0, 0.1) is 17.0 Å². The molecule has 2 atom stereocenters. The van der Waals surface area contributed by atoms with Crippen LogP contribution < -0.4 is 27.4 Å². The standard InChI is InChI=1S/C40H57F2N7O4S/c1-28(50)47-34(13-8-9-17-43)39(53)46-20-19-45-36(51)16-22-54-27-37(52)49(21-10-18-44)38(40(2,3)4)35-23-30(32-24-31(41)14-15-33(32)42)26-48(35)25-29-11-6-5-7-12-29/h5-7,11-12,14-15,23-24,26,34,38H,8-10,13,16-22,25,27,43-44H2,1-4H3,(H,45,51)(H,46,53)(H,47,50)/t34-,38-/m0/s1. The maximum absolute atomic E-state index is 15.1. The van der Waals surface area contributed by atoms with Crippen molar-refractivity contribution in [2.45, 2.75) is 78.4 Å². The van der Waals surface area contributed by atoms with E-state index in [-0.39, 0.29) is 54.5 Å². The molecule has 1 heterocycles. The van der Waals surface area contributed by atoms with E-state index in [9.17, 15) is 23.6 Å². The van der Waals surface area contributed by atoms with Crippen molar-refractivity contribution >= 4 is 35.4 Å². The van der Waals surface area contributed by atoms with Gasteiger partial charge in [-0.3, -0.25) is 19.2 Å². The molecule has 11 nitrogen and oxygen atoms in total. The van der Waals surface area contributed by atoms with Crippen LogP contribution in [-0.2, 0) is 25.7 Å². The van der Waals surface area contributed by atoms with Gasteiger partial charge < -0.3 is 36.9 Å². The molecule has 1 aromatic heterocycles. The van der Waals surface area contributed by atoms with Crippen molar-refractivity contribution in [2.24, 2.45) is 16.9 Å². The van der Waals surface area contributed by atoms with Gasteiger partial charge >= 0.3 is 0 Å². The number of aromatic nitrogens is 1. The number of carbonyl (C=O) groups excluding carboxylic acids is 4. The number of carbonyl (C=O) groups is 4. The van der Waals surface area contributed by atoms with Gasteiger partial charge in [-0.2, -0.15) is 11.8 Å². The zero-order chi connectivity index (χ0) is 39.7. The van der Waals surface area contributed by atoms with Gasteiger partial charge in [0.25, 0.3) is 0 Å². The fourth-order valence-electron chi connectivity index (χ4n) is 6.28. The Hall–Kier alpha value is -4.27. The fourth-order valence-corrected chi connectivity index (χ4v) is 7.10. The summed E-state index contributed by atoms with van der Waals surface area (Å²) in [6.45, 7) is 9.64. The van der Waals surface area contributed by atoms with Crippen LogP contribution >= 0.6 is 11.8 Å². The molecule has 0 aliphatic heterocycles. The summed E-state index contributed by atoms with van der Waals surface area (Å²) in [6, 6.07) is 13.9. The molecule has 0 saturated carbocycles. The summed E-state index contributed by atoms with van der Waals surface area (Å²) in [7, 11) is 0. The first-order chi connectivity index (χ1) is 25.7. The van der Waals surface area contributed by atoms with Gasteiger partial charge in [-0.25, -0.2) is 8.78 Å². The van der Waals surface area contributed by atoms with E-state index >= 15 is 4.39 Å². The first-order valence-corrected chi connectivity index (χ1v) is 19.7. The molecule has 3 aromatic rings. The minimum atomic E-state index is -0.660. The van der Waals surface area contributed by atoms with Crippen molar-refractivity contribution in [1.82, 2.24) is 25.4 Å². The van der Waals surface area contributed by atoms with E-state index in [1.807, 2.05) is 72.8 Å². The number of nitrogens with zero attached hydrogens (tertiary/aromatic N) is 2. The second kappa shape index (κ2) is 22.2. The van der Waals surface area contributed by atoms with Crippen LogP contribution in [0.1, 0.15) is 77.1 Å². The molecule has 54 heavy (non-hydrogen) atoms. The van der Waals surface area contributed by atoms with Crippen LogP contribution in [-0.4, -0.2) is 83.4 Å². The topological polar surface area (TPSA) is 165 Å². The summed E-state index contributed by atoms with van der Waals surface area (Å²) >= 11 is 1.35. The average Bonchev–Trinajstić information content (AvgIpc) is 3.52. The molecule has 0 aliphatic rings. The molecular weight excluding hydrogens is 713 g/mol. The number of halogens is 2. The molecule has 296 valence electrons. The Labute approximate surface area is 322 Å². The fraction of sp³-hybridized carbons (Fsp3) is 0.500. The predicted octanol–water partition coefficient (Wildman–Crippen LogP) is 4.74. The monoisotopic (exact) mass is 769 g/mol. The zero-order valence-electron chi connectivity index (χ0n) is 32.0. The third-order valence-corrected chi connectivity index (χ3v) is 9.73. The number of nitrogens with one attached hydrogen (secondary N) is 3. The van der Waals surface area contributed by atoms with Crippen LogP contribution in [0.2, 0.25) is 0 Å². The van der Waals surface area contributed by atoms with Crippen LogP contribution in [0.15, 0.2) is 60.8 Å². The van der Waals surface area contributed by atoms with E-state index in [0.717, 1.165) is 29.8 Å². The highest BCUT2D eigenvalue weighted by atomic mass is 32.2. The van der Waals surface area contributed by atoms with Crippen molar-refractivity contribution < 1.29 is 28.0 Å². The molecule has 4 amide bonds. The second-order valence-corrected chi connectivity index (χ2v) is 15.5. The van der Waals surface area contributed by atoms with Crippen molar-refractivity contribution in [3.8, 4) is 11.1 Å². The molecule has 0 bridgehead atoms. The second-order valence-electron chi connectivity index (χ2n) is 14.4. The molecule has 14 heteroatoms. The van der Waals surface area contributed by atoms with Crippen LogP contribution in [0.5, 0.6) is 0 Å². The molecule has 0 aliphatic carbocycles. The van der Waals surface area contributed by atoms with E-state index < -0.39 is 29.1 Å². The normalized spacial score (nSPS) is 12.5. The number of thioether (sulfide) groups is 1. The van der Waals surface area contributed by atoms with Crippen LogP contribution in [0.4, 0.5) is 8.78 Å². The molecule has 3 rings (SSSR count). The van der Waals surface area contributed by atoms with E-state index in [1.165, 1.54) is 24.8 Å². The highest BCUT2D eigenvalue weighted by Crippen LogP contribution is 2.41. The third-order valence-electron chi connectivity index (χ3n) is 8.79. The number of hydrogen-bond donors (Lipinski definition) is 5. The lowest BCUT2D eigenvalue weighted by Crippen LogP contribution is -2.47.